The first-order chi connectivity index (χ1) is 9.93. The van der Waals surface area contributed by atoms with Crippen LogP contribution in [0.15, 0.2) is 5.51 Å². The molecule has 116 valence electrons. The summed E-state index contributed by atoms with van der Waals surface area (Å²) in [5.74, 6) is -1.46. The largest absolute Gasteiger partial charge is 0.481 e. The van der Waals surface area contributed by atoms with E-state index in [1.54, 1.807) is 17.5 Å². The topological polar surface area (TPSA) is 70.5 Å². The van der Waals surface area contributed by atoms with Crippen LogP contribution in [0.5, 0.6) is 0 Å². The van der Waals surface area contributed by atoms with Crippen molar-refractivity contribution in [2.24, 2.45) is 17.8 Å². The first-order valence-electron chi connectivity index (χ1n) is 7.30. The lowest BCUT2D eigenvalue weighted by Crippen LogP contribution is -2.36. The van der Waals surface area contributed by atoms with E-state index in [1.165, 1.54) is 11.3 Å². The Morgan fingerprint density at radius 1 is 1.43 bits per heavy atom. The summed E-state index contributed by atoms with van der Waals surface area (Å²) in [4.78, 5) is 30.9. The van der Waals surface area contributed by atoms with Gasteiger partial charge in [-0.2, -0.15) is 0 Å². The zero-order chi connectivity index (χ0) is 15.6. The molecule has 0 bridgehead atoms. The molecule has 1 unspecified atom stereocenters. The van der Waals surface area contributed by atoms with Crippen molar-refractivity contribution < 1.29 is 14.7 Å². The molecule has 1 saturated carbocycles. The summed E-state index contributed by atoms with van der Waals surface area (Å²) in [6.45, 7) is 4.49. The van der Waals surface area contributed by atoms with E-state index < -0.39 is 11.9 Å². The summed E-state index contributed by atoms with van der Waals surface area (Å²) in [6.07, 6.45) is 2.25. The number of carbonyl (C=O) groups is 2. The van der Waals surface area contributed by atoms with Crippen LogP contribution in [0.2, 0.25) is 0 Å². The highest BCUT2D eigenvalue weighted by atomic mass is 32.1. The van der Waals surface area contributed by atoms with Crippen LogP contribution in [0, 0.1) is 24.7 Å². The van der Waals surface area contributed by atoms with Gasteiger partial charge in [-0.3, -0.25) is 9.59 Å². The average molecular weight is 310 g/mol. The Bertz CT molecular complexity index is 529. The Kier molecular flexibility index (Phi) is 4.98. The highest BCUT2D eigenvalue weighted by molar-refractivity contribution is 7.09. The average Bonchev–Trinajstić information content (AvgIpc) is 3.05. The smallest absolute Gasteiger partial charge is 0.307 e. The fourth-order valence-electron chi connectivity index (χ4n) is 3.08. The van der Waals surface area contributed by atoms with Gasteiger partial charge in [-0.05, 0) is 25.7 Å². The number of aliphatic carboxylic acids is 1. The third-order valence-corrected chi connectivity index (χ3v) is 5.39. The van der Waals surface area contributed by atoms with Crippen LogP contribution >= 0.6 is 11.3 Å². The van der Waals surface area contributed by atoms with E-state index in [0.717, 1.165) is 17.0 Å². The predicted molar refractivity (Wildman–Crippen MR) is 81.0 cm³/mol. The van der Waals surface area contributed by atoms with Crippen LogP contribution in [0.25, 0.3) is 0 Å². The number of amides is 1. The maximum atomic E-state index is 12.6. The Morgan fingerprint density at radius 3 is 2.62 bits per heavy atom. The lowest BCUT2D eigenvalue weighted by Gasteiger charge is -2.23. The molecule has 1 aliphatic rings. The molecule has 1 aromatic rings. The molecule has 3 atom stereocenters. The van der Waals surface area contributed by atoms with Gasteiger partial charge in [0.05, 0.1) is 29.6 Å². The number of hydrogen-bond donors (Lipinski definition) is 1. The number of nitrogens with zero attached hydrogens (tertiary/aromatic N) is 2. The Balaban J connectivity index is 2.07. The summed E-state index contributed by atoms with van der Waals surface area (Å²) in [5, 5.41) is 9.35. The SMILES string of the molecule is CCC1C[C@H](C(=O)N(C)Cc2scnc2C)[C@H](C(=O)O)C1. The molecule has 1 N–H and O–H groups in total. The van der Waals surface area contributed by atoms with Crippen LogP contribution in [0.3, 0.4) is 0 Å². The number of thiazole rings is 1. The van der Waals surface area contributed by atoms with E-state index in [2.05, 4.69) is 11.9 Å². The van der Waals surface area contributed by atoms with Gasteiger partial charge >= 0.3 is 5.97 Å². The number of carbonyl (C=O) groups excluding carboxylic acids is 1. The summed E-state index contributed by atoms with van der Waals surface area (Å²) in [5.41, 5.74) is 2.71. The fraction of sp³-hybridized carbons (Fsp3) is 0.667. The van der Waals surface area contributed by atoms with Crippen molar-refractivity contribution >= 4 is 23.2 Å². The Morgan fingerprint density at radius 2 is 2.10 bits per heavy atom. The standard InChI is InChI=1S/C15H22N2O3S/c1-4-10-5-11(12(6-10)15(19)20)14(18)17(3)7-13-9(2)16-8-21-13/h8,10-12H,4-7H2,1-3H3,(H,19,20)/t10?,11-,12+/m0/s1. The first-order valence-corrected chi connectivity index (χ1v) is 8.18. The number of hydrogen-bond acceptors (Lipinski definition) is 4. The second-order valence-electron chi connectivity index (χ2n) is 5.85. The van der Waals surface area contributed by atoms with Crippen molar-refractivity contribution in [3.8, 4) is 0 Å². The molecule has 1 aromatic heterocycles. The van der Waals surface area contributed by atoms with Crippen LogP contribution in [0.1, 0.15) is 36.8 Å². The van der Waals surface area contributed by atoms with Gasteiger partial charge in [0.25, 0.3) is 0 Å². The predicted octanol–water partition coefficient (Wildman–Crippen LogP) is 2.55. The van der Waals surface area contributed by atoms with Crippen molar-refractivity contribution in [1.29, 1.82) is 0 Å². The highest BCUT2D eigenvalue weighted by Gasteiger charge is 2.43. The van der Waals surface area contributed by atoms with Crippen LogP contribution in [-0.2, 0) is 16.1 Å². The van der Waals surface area contributed by atoms with E-state index >= 15 is 0 Å². The van der Waals surface area contributed by atoms with E-state index in [-0.39, 0.29) is 11.8 Å². The molecule has 5 nitrogen and oxygen atoms in total. The molecule has 1 heterocycles. The molecule has 0 aromatic carbocycles. The number of carboxylic acid groups (broad SMARTS) is 1. The maximum Gasteiger partial charge on any atom is 0.307 e. The summed E-state index contributed by atoms with van der Waals surface area (Å²) in [6, 6.07) is 0. The molecule has 1 aliphatic carbocycles. The number of aryl methyl sites for hydroxylation is 1. The quantitative estimate of drug-likeness (QED) is 0.907. The van der Waals surface area contributed by atoms with Gasteiger partial charge in [-0.25, -0.2) is 4.98 Å². The monoisotopic (exact) mass is 310 g/mol. The van der Waals surface area contributed by atoms with Crippen LogP contribution < -0.4 is 0 Å². The van der Waals surface area contributed by atoms with Crippen LogP contribution in [0.4, 0.5) is 0 Å². The Labute approximate surface area is 129 Å². The van der Waals surface area contributed by atoms with Crippen molar-refractivity contribution in [1.82, 2.24) is 9.88 Å². The van der Waals surface area contributed by atoms with E-state index in [9.17, 15) is 14.7 Å². The second kappa shape index (κ2) is 6.56. The molecule has 6 heteroatoms. The highest BCUT2D eigenvalue weighted by Crippen LogP contribution is 2.39. The minimum absolute atomic E-state index is 0.0499. The molecule has 2 rings (SSSR count). The van der Waals surface area contributed by atoms with Gasteiger partial charge in [0.1, 0.15) is 0 Å². The minimum atomic E-state index is -0.841. The molecule has 1 amide bonds. The first kappa shape index (κ1) is 15.9. The number of rotatable bonds is 5. The molecule has 0 radical (unpaired) electrons. The van der Waals surface area contributed by atoms with Gasteiger partial charge in [-0.1, -0.05) is 13.3 Å². The van der Waals surface area contributed by atoms with Crippen molar-refractivity contribution in [3.05, 3.63) is 16.1 Å². The second-order valence-corrected chi connectivity index (χ2v) is 6.79. The minimum Gasteiger partial charge on any atom is -0.481 e. The molecular formula is C15H22N2O3S. The molecule has 0 saturated heterocycles. The summed E-state index contributed by atoms with van der Waals surface area (Å²) >= 11 is 1.53. The van der Waals surface area contributed by atoms with Crippen molar-refractivity contribution in [3.63, 3.8) is 0 Å². The summed E-state index contributed by atoms with van der Waals surface area (Å²) in [7, 11) is 1.75. The third-order valence-electron chi connectivity index (χ3n) is 4.47. The molecule has 0 aliphatic heterocycles. The van der Waals surface area contributed by atoms with Crippen molar-refractivity contribution in [2.45, 2.75) is 39.7 Å². The molecule has 21 heavy (non-hydrogen) atoms. The van der Waals surface area contributed by atoms with Gasteiger partial charge in [0.15, 0.2) is 0 Å². The lowest BCUT2D eigenvalue weighted by molar-refractivity contribution is -0.148. The van der Waals surface area contributed by atoms with Gasteiger partial charge in [0.2, 0.25) is 5.91 Å². The van der Waals surface area contributed by atoms with Gasteiger partial charge in [0, 0.05) is 11.9 Å². The third kappa shape index (κ3) is 3.43. The number of carboxylic acids is 1. The molecular weight excluding hydrogens is 288 g/mol. The van der Waals surface area contributed by atoms with Gasteiger partial charge < -0.3 is 10.0 Å². The normalized spacial score (nSPS) is 25.0. The zero-order valence-electron chi connectivity index (χ0n) is 12.7. The van der Waals surface area contributed by atoms with E-state index in [0.29, 0.717) is 25.3 Å². The van der Waals surface area contributed by atoms with E-state index in [1.807, 2.05) is 6.92 Å². The Hall–Kier alpha value is -1.43. The van der Waals surface area contributed by atoms with Crippen molar-refractivity contribution in [2.75, 3.05) is 7.05 Å². The summed E-state index contributed by atoms with van der Waals surface area (Å²) < 4.78 is 0. The molecule has 1 fully saturated rings. The fourth-order valence-corrected chi connectivity index (χ4v) is 3.91. The maximum absolute atomic E-state index is 12.6. The lowest BCUT2D eigenvalue weighted by atomic mass is 9.95. The zero-order valence-corrected chi connectivity index (χ0v) is 13.5. The van der Waals surface area contributed by atoms with E-state index in [4.69, 9.17) is 0 Å². The number of aromatic nitrogens is 1. The molecule has 0 spiro atoms. The van der Waals surface area contributed by atoms with Crippen LogP contribution in [-0.4, -0.2) is 33.9 Å². The van der Waals surface area contributed by atoms with Gasteiger partial charge in [-0.15, -0.1) is 11.3 Å².